The first kappa shape index (κ1) is 18.2. The molecule has 23 heavy (non-hydrogen) atoms. The molecule has 2 aromatic rings. The Labute approximate surface area is 144 Å². The van der Waals surface area contributed by atoms with Gasteiger partial charge in [0.2, 0.25) is 9.84 Å². The van der Waals surface area contributed by atoms with E-state index in [0.717, 1.165) is 6.42 Å². The molecule has 0 saturated heterocycles. The van der Waals surface area contributed by atoms with Gasteiger partial charge in [-0.1, -0.05) is 48.2 Å². The lowest BCUT2D eigenvalue weighted by molar-refractivity contribution is -0.444. The first-order valence-corrected chi connectivity index (χ1v) is 9.49. The van der Waals surface area contributed by atoms with E-state index in [-0.39, 0.29) is 27.9 Å². The van der Waals surface area contributed by atoms with Crippen molar-refractivity contribution in [2.45, 2.75) is 37.3 Å². The van der Waals surface area contributed by atoms with E-state index < -0.39 is 20.8 Å². The highest BCUT2D eigenvalue weighted by Crippen LogP contribution is 2.28. The summed E-state index contributed by atoms with van der Waals surface area (Å²) < 4.78 is 30.2. The molecule has 0 aliphatic rings. The maximum Gasteiger partial charge on any atom is 0.336 e. The van der Waals surface area contributed by atoms with E-state index in [1.165, 1.54) is 0 Å². The fourth-order valence-corrected chi connectivity index (χ4v) is 3.83. The molecule has 0 radical (unpaired) electrons. The second-order valence-corrected chi connectivity index (χ2v) is 8.04. The van der Waals surface area contributed by atoms with Crippen LogP contribution in [-0.2, 0) is 15.6 Å². The zero-order valence-corrected chi connectivity index (χ0v) is 15.1. The first-order valence-electron chi connectivity index (χ1n) is 7.08. The van der Waals surface area contributed by atoms with Crippen LogP contribution in [0.15, 0.2) is 27.8 Å². The highest BCUT2D eigenvalue weighted by molar-refractivity contribution is 7.90. The Hall–Kier alpha value is -1.15. The van der Waals surface area contributed by atoms with Gasteiger partial charge in [0.1, 0.15) is 0 Å². The van der Waals surface area contributed by atoms with Crippen LogP contribution in [-0.4, -0.2) is 18.6 Å². The predicted molar refractivity (Wildman–Crippen MR) is 86.7 cm³/mol. The zero-order valence-electron chi connectivity index (χ0n) is 12.8. The average Bonchev–Trinajstić information content (AvgIpc) is 3.00. The molecule has 0 spiro atoms. The minimum absolute atomic E-state index is 0.198. The van der Waals surface area contributed by atoms with E-state index in [1.807, 2.05) is 13.8 Å². The minimum atomic E-state index is -3.84. The van der Waals surface area contributed by atoms with E-state index in [2.05, 4.69) is 15.9 Å². The fourth-order valence-electron chi connectivity index (χ4n) is 1.95. The lowest BCUT2D eigenvalue weighted by Crippen LogP contribution is -2.56. The lowest BCUT2D eigenvalue weighted by atomic mass is 10.0. The summed E-state index contributed by atoms with van der Waals surface area (Å²) in [4.78, 5) is 0. The van der Waals surface area contributed by atoms with Crippen LogP contribution >= 0.6 is 23.2 Å². The highest BCUT2D eigenvalue weighted by atomic mass is 35.5. The Balaban J connectivity index is 2.29. The van der Waals surface area contributed by atoms with Crippen molar-refractivity contribution < 1.29 is 18.6 Å². The number of quaternary nitrogens is 1. The fraction of sp³-hybridized carbons (Fsp3) is 0.429. The summed E-state index contributed by atoms with van der Waals surface area (Å²) in [5, 5.41) is 7.57. The molecule has 1 aromatic heterocycles. The summed E-state index contributed by atoms with van der Waals surface area (Å²) in [6, 6.07) is 4.53. The van der Waals surface area contributed by atoms with Gasteiger partial charge < -0.3 is 10.2 Å². The van der Waals surface area contributed by atoms with E-state index in [1.54, 1.807) is 18.2 Å². The van der Waals surface area contributed by atoms with Crippen molar-refractivity contribution in [2.24, 2.45) is 5.92 Å². The van der Waals surface area contributed by atoms with Crippen LogP contribution in [0.3, 0.4) is 0 Å². The molecule has 0 saturated carbocycles. The molecule has 3 N–H and O–H groups in total. The third kappa shape index (κ3) is 4.03. The van der Waals surface area contributed by atoms with E-state index in [0.29, 0.717) is 5.56 Å². The largest absolute Gasteiger partial charge is 0.406 e. The Morgan fingerprint density at radius 1 is 1.26 bits per heavy atom. The predicted octanol–water partition coefficient (Wildman–Crippen LogP) is 2.68. The highest BCUT2D eigenvalue weighted by Gasteiger charge is 2.29. The van der Waals surface area contributed by atoms with Gasteiger partial charge in [0, 0.05) is 21.5 Å². The van der Waals surface area contributed by atoms with Gasteiger partial charge in [0.25, 0.3) is 5.89 Å². The number of benzene rings is 1. The van der Waals surface area contributed by atoms with Crippen LogP contribution < -0.4 is 5.73 Å². The van der Waals surface area contributed by atoms with E-state index in [4.69, 9.17) is 27.6 Å². The van der Waals surface area contributed by atoms with Crippen LogP contribution in [0, 0.1) is 5.92 Å². The van der Waals surface area contributed by atoms with Gasteiger partial charge in [-0.2, -0.15) is 0 Å². The molecule has 2 rings (SSSR count). The second kappa shape index (κ2) is 7.17. The van der Waals surface area contributed by atoms with E-state index >= 15 is 0 Å². The summed E-state index contributed by atoms with van der Waals surface area (Å²) in [6.45, 7) is 4.00. The Morgan fingerprint density at radius 2 is 1.87 bits per heavy atom. The van der Waals surface area contributed by atoms with Crippen LogP contribution in [0.4, 0.5) is 0 Å². The molecule has 2 atom stereocenters. The van der Waals surface area contributed by atoms with Crippen molar-refractivity contribution in [3.8, 4) is 0 Å². The monoisotopic (exact) mass is 378 g/mol. The van der Waals surface area contributed by atoms with Crippen molar-refractivity contribution >= 4 is 33.0 Å². The third-order valence-electron chi connectivity index (χ3n) is 3.73. The normalized spacial score (nSPS) is 14.7. The van der Waals surface area contributed by atoms with E-state index in [9.17, 15) is 8.42 Å². The van der Waals surface area contributed by atoms with Gasteiger partial charge in [-0.25, -0.2) is 8.42 Å². The summed E-state index contributed by atoms with van der Waals surface area (Å²) >= 11 is 12.0. The van der Waals surface area contributed by atoms with Gasteiger partial charge >= 0.3 is 5.22 Å². The van der Waals surface area contributed by atoms with Crippen molar-refractivity contribution in [3.63, 3.8) is 0 Å². The molecule has 126 valence electrons. The van der Waals surface area contributed by atoms with Gasteiger partial charge in [-0.05, 0) is 18.6 Å². The number of hydrogen-bond acceptors (Lipinski definition) is 5. The Morgan fingerprint density at radius 3 is 2.43 bits per heavy atom. The van der Waals surface area contributed by atoms with Gasteiger partial charge in [0.15, 0.2) is 6.04 Å². The molecule has 1 aromatic carbocycles. The van der Waals surface area contributed by atoms with Crippen LogP contribution in [0.25, 0.3) is 0 Å². The molecule has 0 aliphatic carbocycles. The number of sulfone groups is 1. The van der Waals surface area contributed by atoms with Crippen molar-refractivity contribution in [2.75, 3.05) is 0 Å². The molecule has 0 bridgehead atoms. The topological polar surface area (TPSA) is 101 Å². The molecule has 6 nitrogen and oxygen atoms in total. The van der Waals surface area contributed by atoms with Crippen LogP contribution in [0.2, 0.25) is 10.0 Å². The SMILES string of the molecule is CC[C@@H](C)[C@H]([NH3+])c1nnc(S(=O)(=O)Cc2c(Cl)cccc2Cl)o1. The average molecular weight is 379 g/mol. The Kier molecular flexibility index (Phi) is 5.67. The first-order chi connectivity index (χ1) is 10.8. The molecule has 1 heterocycles. The lowest BCUT2D eigenvalue weighted by Gasteiger charge is -2.10. The quantitative estimate of drug-likeness (QED) is 0.832. The smallest absolute Gasteiger partial charge is 0.336 e. The molecule has 0 amide bonds. The Bertz CT molecular complexity index is 772. The second-order valence-electron chi connectivity index (χ2n) is 5.36. The third-order valence-corrected chi connectivity index (χ3v) is 5.81. The summed E-state index contributed by atoms with van der Waals surface area (Å²) in [5.41, 5.74) is 4.26. The van der Waals surface area contributed by atoms with Crippen molar-refractivity contribution in [1.29, 1.82) is 0 Å². The van der Waals surface area contributed by atoms with Gasteiger partial charge in [-0.3, -0.25) is 0 Å². The number of rotatable bonds is 6. The summed E-state index contributed by atoms with van der Waals surface area (Å²) in [6.07, 6.45) is 0.869. The standard InChI is InChI=1S/C14H17Cl2N3O3S/c1-3-8(2)12(17)13-18-19-14(22-13)23(20,21)7-9-10(15)5-4-6-11(9)16/h4-6,8,12H,3,7,17H2,1-2H3/p+1/t8-,12+/m1/s1. The van der Waals surface area contributed by atoms with Crippen LogP contribution in [0.1, 0.15) is 37.8 Å². The number of halogens is 2. The van der Waals surface area contributed by atoms with Gasteiger partial charge in [0.05, 0.1) is 5.75 Å². The molecular formula is C14H18Cl2N3O3S+. The number of hydrogen-bond donors (Lipinski definition) is 1. The summed E-state index contributed by atoms with van der Waals surface area (Å²) in [5.74, 6) is 0.00496. The summed E-state index contributed by atoms with van der Waals surface area (Å²) in [7, 11) is -3.84. The van der Waals surface area contributed by atoms with Gasteiger partial charge in [-0.15, -0.1) is 5.10 Å². The van der Waals surface area contributed by atoms with Crippen molar-refractivity contribution in [1.82, 2.24) is 10.2 Å². The minimum Gasteiger partial charge on any atom is -0.406 e. The number of aromatic nitrogens is 2. The van der Waals surface area contributed by atoms with Crippen LogP contribution in [0.5, 0.6) is 0 Å². The maximum atomic E-state index is 12.4. The molecular weight excluding hydrogens is 361 g/mol. The zero-order chi connectivity index (χ0) is 17.2. The van der Waals surface area contributed by atoms with Crippen molar-refractivity contribution in [3.05, 3.63) is 39.7 Å². The molecule has 0 unspecified atom stereocenters. The molecule has 9 heteroatoms. The number of nitrogens with zero attached hydrogens (tertiary/aromatic N) is 2. The molecule has 0 fully saturated rings. The maximum absolute atomic E-state index is 12.4. The molecule has 0 aliphatic heterocycles.